The van der Waals surface area contributed by atoms with Gasteiger partial charge in [-0.2, -0.15) is 0 Å². The second-order valence-electron chi connectivity index (χ2n) is 6.53. The normalized spacial score (nSPS) is 14.8. The number of aromatic nitrogens is 1. The molecule has 4 rings (SSSR count). The number of benzene rings is 2. The highest BCUT2D eigenvalue weighted by atomic mass is 32.1. The summed E-state index contributed by atoms with van der Waals surface area (Å²) >= 11 is 1.63. The van der Waals surface area contributed by atoms with E-state index < -0.39 is 0 Å². The van der Waals surface area contributed by atoms with E-state index >= 15 is 0 Å². The van der Waals surface area contributed by atoms with Crippen LogP contribution in [0.5, 0.6) is 11.5 Å². The Bertz CT molecular complexity index is 876. The first-order chi connectivity index (χ1) is 12.7. The number of phenols is 1. The lowest BCUT2D eigenvalue weighted by Gasteiger charge is -2.19. The van der Waals surface area contributed by atoms with Gasteiger partial charge in [0.2, 0.25) is 0 Å². The van der Waals surface area contributed by atoms with Crippen LogP contribution < -0.4 is 4.74 Å². The van der Waals surface area contributed by atoms with Crippen molar-refractivity contribution in [3.8, 4) is 22.1 Å². The summed E-state index contributed by atoms with van der Waals surface area (Å²) in [7, 11) is 0. The molecule has 0 fully saturated rings. The Morgan fingerprint density at radius 1 is 1.19 bits per heavy atom. The molecule has 0 saturated carbocycles. The molecule has 0 bridgehead atoms. The standard InChI is InChI=1S/C20H22N2O3S/c23-9-4-3-7-22-8-10-25-19-15(13-22)11-14(12-17(19)24)20-21-16-5-1-2-6-18(16)26-20/h1-2,5-6,11-12,23-24H,3-4,7-10,13H2. The first-order valence-electron chi connectivity index (χ1n) is 8.92. The van der Waals surface area contributed by atoms with Gasteiger partial charge in [-0.25, -0.2) is 4.98 Å². The number of aliphatic hydroxyl groups excluding tert-OH is 1. The molecule has 5 nitrogen and oxygen atoms in total. The quantitative estimate of drug-likeness (QED) is 0.672. The number of aliphatic hydroxyl groups is 1. The van der Waals surface area contributed by atoms with Gasteiger partial charge in [0, 0.05) is 30.8 Å². The highest BCUT2D eigenvalue weighted by Crippen LogP contribution is 2.39. The van der Waals surface area contributed by atoms with Crippen molar-refractivity contribution >= 4 is 21.6 Å². The van der Waals surface area contributed by atoms with Crippen molar-refractivity contribution < 1.29 is 14.9 Å². The number of hydrogen-bond acceptors (Lipinski definition) is 6. The number of para-hydroxylation sites is 1. The number of thiazole rings is 1. The van der Waals surface area contributed by atoms with Gasteiger partial charge in [0.05, 0.1) is 10.2 Å². The molecule has 0 saturated heterocycles. The van der Waals surface area contributed by atoms with E-state index in [-0.39, 0.29) is 12.4 Å². The smallest absolute Gasteiger partial charge is 0.165 e. The number of nitrogens with zero attached hydrogens (tertiary/aromatic N) is 2. The molecular formula is C20H22N2O3S. The number of aromatic hydroxyl groups is 1. The van der Waals surface area contributed by atoms with E-state index in [0.717, 1.165) is 58.8 Å². The maximum absolute atomic E-state index is 10.5. The second kappa shape index (κ2) is 7.61. The summed E-state index contributed by atoms with van der Waals surface area (Å²) in [5.74, 6) is 0.758. The Morgan fingerprint density at radius 2 is 2.08 bits per heavy atom. The molecule has 0 unspecified atom stereocenters. The summed E-state index contributed by atoms with van der Waals surface area (Å²) in [4.78, 5) is 7.01. The lowest BCUT2D eigenvalue weighted by Crippen LogP contribution is -2.26. The van der Waals surface area contributed by atoms with Gasteiger partial charge in [0.15, 0.2) is 11.5 Å². The lowest BCUT2D eigenvalue weighted by molar-refractivity contribution is 0.211. The molecule has 6 heteroatoms. The molecule has 0 amide bonds. The first-order valence-corrected chi connectivity index (χ1v) is 9.74. The molecule has 0 radical (unpaired) electrons. The number of unbranched alkanes of at least 4 members (excludes halogenated alkanes) is 1. The summed E-state index contributed by atoms with van der Waals surface area (Å²) in [5.41, 5.74) is 2.88. The van der Waals surface area contributed by atoms with E-state index in [1.165, 1.54) is 0 Å². The van der Waals surface area contributed by atoms with Crippen molar-refractivity contribution in [1.29, 1.82) is 0 Å². The zero-order valence-corrected chi connectivity index (χ0v) is 15.3. The summed E-state index contributed by atoms with van der Waals surface area (Å²) < 4.78 is 6.95. The number of ether oxygens (including phenoxy) is 1. The number of hydrogen-bond donors (Lipinski definition) is 2. The Kier molecular flexibility index (Phi) is 5.06. The molecule has 1 aromatic heterocycles. The maximum atomic E-state index is 10.5. The van der Waals surface area contributed by atoms with Gasteiger partial charge in [-0.1, -0.05) is 12.1 Å². The van der Waals surface area contributed by atoms with Crippen LogP contribution in [-0.2, 0) is 6.54 Å². The van der Waals surface area contributed by atoms with Crippen LogP contribution in [0.3, 0.4) is 0 Å². The van der Waals surface area contributed by atoms with Gasteiger partial charge in [0.1, 0.15) is 11.6 Å². The van der Waals surface area contributed by atoms with Crippen molar-refractivity contribution in [3.63, 3.8) is 0 Å². The number of fused-ring (bicyclic) bond motifs is 2. The highest BCUT2D eigenvalue weighted by molar-refractivity contribution is 7.21. The van der Waals surface area contributed by atoms with Crippen molar-refractivity contribution in [2.24, 2.45) is 0 Å². The van der Waals surface area contributed by atoms with Crippen molar-refractivity contribution in [3.05, 3.63) is 42.0 Å². The molecule has 0 atom stereocenters. The van der Waals surface area contributed by atoms with Crippen LogP contribution in [0.15, 0.2) is 36.4 Å². The first kappa shape index (κ1) is 17.3. The van der Waals surface area contributed by atoms with Crippen LogP contribution in [0.2, 0.25) is 0 Å². The Labute approximate surface area is 156 Å². The van der Waals surface area contributed by atoms with Crippen molar-refractivity contribution in [2.75, 3.05) is 26.3 Å². The van der Waals surface area contributed by atoms with Gasteiger partial charge >= 0.3 is 0 Å². The van der Waals surface area contributed by atoms with Crippen molar-refractivity contribution in [1.82, 2.24) is 9.88 Å². The minimum Gasteiger partial charge on any atom is -0.504 e. The maximum Gasteiger partial charge on any atom is 0.165 e. The average Bonchev–Trinajstić information content (AvgIpc) is 2.96. The van der Waals surface area contributed by atoms with E-state index in [4.69, 9.17) is 14.8 Å². The van der Waals surface area contributed by atoms with E-state index in [2.05, 4.69) is 17.0 Å². The van der Waals surface area contributed by atoms with Crippen LogP contribution in [0.1, 0.15) is 18.4 Å². The Hall–Kier alpha value is -2.15. The SMILES string of the molecule is OCCCCN1CCOc2c(O)cc(-c3nc4ccccc4s3)cc2C1. The zero-order chi connectivity index (χ0) is 17.9. The molecule has 1 aliphatic heterocycles. The number of rotatable bonds is 5. The average molecular weight is 370 g/mol. The fraction of sp³-hybridized carbons (Fsp3) is 0.350. The van der Waals surface area contributed by atoms with Crippen LogP contribution in [0.4, 0.5) is 0 Å². The van der Waals surface area contributed by atoms with Gasteiger partial charge in [-0.05, 0) is 43.7 Å². The Balaban J connectivity index is 1.65. The van der Waals surface area contributed by atoms with Crippen LogP contribution in [0.25, 0.3) is 20.8 Å². The van der Waals surface area contributed by atoms with Crippen LogP contribution >= 0.6 is 11.3 Å². The summed E-state index contributed by atoms with van der Waals surface area (Å²) in [6, 6.07) is 11.9. The third-order valence-corrected chi connectivity index (χ3v) is 5.70. The van der Waals surface area contributed by atoms with Crippen molar-refractivity contribution in [2.45, 2.75) is 19.4 Å². The molecule has 26 heavy (non-hydrogen) atoms. The topological polar surface area (TPSA) is 65.8 Å². The largest absolute Gasteiger partial charge is 0.504 e. The van der Waals surface area contributed by atoms with Gasteiger partial charge in [-0.3, -0.25) is 4.90 Å². The predicted octanol–water partition coefficient (Wildman–Crippen LogP) is 3.64. The number of phenolic OH excluding ortho intramolecular Hbond substituents is 1. The summed E-state index contributed by atoms with van der Waals surface area (Å²) in [6.07, 6.45) is 1.76. The van der Waals surface area contributed by atoms with Gasteiger partial charge in [-0.15, -0.1) is 11.3 Å². The molecule has 3 aromatic rings. The summed E-state index contributed by atoms with van der Waals surface area (Å²) in [5, 5.41) is 20.4. The third kappa shape index (κ3) is 3.53. The Morgan fingerprint density at radius 3 is 2.92 bits per heavy atom. The minimum absolute atomic E-state index is 0.175. The predicted molar refractivity (Wildman–Crippen MR) is 104 cm³/mol. The summed E-state index contributed by atoms with van der Waals surface area (Å²) in [6.45, 7) is 3.24. The fourth-order valence-electron chi connectivity index (χ4n) is 3.31. The van der Waals surface area contributed by atoms with E-state index in [9.17, 15) is 5.11 Å². The van der Waals surface area contributed by atoms with Gasteiger partial charge < -0.3 is 14.9 Å². The van der Waals surface area contributed by atoms with Gasteiger partial charge in [0.25, 0.3) is 0 Å². The van der Waals surface area contributed by atoms with Crippen LogP contribution in [-0.4, -0.2) is 46.4 Å². The minimum atomic E-state index is 0.175. The molecule has 2 aromatic carbocycles. The molecule has 0 spiro atoms. The second-order valence-corrected chi connectivity index (χ2v) is 7.56. The molecule has 136 valence electrons. The molecular weight excluding hydrogens is 348 g/mol. The molecule has 1 aliphatic rings. The fourth-order valence-corrected chi connectivity index (χ4v) is 4.26. The zero-order valence-electron chi connectivity index (χ0n) is 14.5. The molecule has 2 heterocycles. The monoisotopic (exact) mass is 370 g/mol. The highest BCUT2D eigenvalue weighted by Gasteiger charge is 2.20. The van der Waals surface area contributed by atoms with Crippen LogP contribution in [0, 0.1) is 0 Å². The molecule has 0 aliphatic carbocycles. The van der Waals surface area contributed by atoms with E-state index in [0.29, 0.717) is 12.4 Å². The molecule has 2 N–H and O–H groups in total. The van der Waals surface area contributed by atoms with E-state index in [1.807, 2.05) is 18.2 Å². The third-order valence-electron chi connectivity index (χ3n) is 4.62. The van der Waals surface area contributed by atoms with E-state index in [1.54, 1.807) is 17.4 Å². The lowest BCUT2D eigenvalue weighted by atomic mass is 10.1.